The van der Waals surface area contributed by atoms with Crippen LogP contribution in [0.1, 0.15) is 15.9 Å². The van der Waals surface area contributed by atoms with E-state index in [0.29, 0.717) is 6.54 Å². The molecule has 3 heteroatoms. The summed E-state index contributed by atoms with van der Waals surface area (Å²) in [5.74, 6) is 0.126. The molecule has 0 atom stereocenters. The molecule has 0 saturated carbocycles. The van der Waals surface area contributed by atoms with Gasteiger partial charge in [-0.3, -0.25) is 4.79 Å². The molecule has 0 aliphatic carbocycles. The van der Waals surface area contributed by atoms with Crippen LogP contribution in [0.2, 0.25) is 0 Å². The van der Waals surface area contributed by atoms with Gasteiger partial charge in [-0.1, -0.05) is 22.0 Å². The molecule has 0 fully saturated rings. The first-order chi connectivity index (χ1) is 6.15. The van der Waals surface area contributed by atoms with Crippen molar-refractivity contribution < 1.29 is 4.79 Å². The number of ketones is 1. The number of carbonyl (C=O) groups is 1. The SMILES string of the molecule is CNCC(=O)c1cc(Br)ccc1C. The third-order valence-electron chi connectivity index (χ3n) is 1.84. The van der Waals surface area contributed by atoms with E-state index >= 15 is 0 Å². The van der Waals surface area contributed by atoms with Gasteiger partial charge < -0.3 is 5.32 Å². The number of benzene rings is 1. The number of rotatable bonds is 3. The molecule has 1 N–H and O–H groups in total. The molecule has 0 saturated heterocycles. The number of Topliss-reactive ketones (excluding diaryl/α,β-unsaturated/α-hetero) is 1. The van der Waals surface area contributed by atoms with Gasteiger partial charge in [0.15, 0.2) is 5.78 Å². The fourth-order valence-corrected chi connectivity index (χ4v) is 1.51. The standard InChI is InChI=1S/C10H12BrNO/c1-7-3-4-8(11)5-9(7)10(13)6-12-2/h3-5,12H,6H2,1-2H3. The molecule has 0 bridgehead atoms. The van der Waals surface area contributed by atoms with Crippen LogP contribution in [0.4, 0.5) is 0 Å². The van der Waals surface area contributed by atoms with Gasteiger partial charge in [0.2, 0.25) is 0 Å². The van der Waals surface area contributed by atoms with E-state index in [1.54, 1.807) is 7.05 Å². The van der Waals surface area contributed by atoms with Crippen LogP contribution in [0.3, 0.4) is 0 Å². The summed E-state index contributed by atoms with van der Waals surface area (Å²) in [7, 11) is 1.77. The molecule has 2 nitrogen and oxygen atoms in total. The van der Waals surface area contributed by atoms with Crippen molar-refractivity contribution in [2.24, 2.45) is 0 Å². The molecule has 1 aromatic rings. The van der Waals surface area contributed by atoms with E-state index in [0.717, 1.165) is 15.6 Å². The molecule has 0 aromatic heterocycles. The molecule has 1 aromatic carbocycles. The smallest absolute Gasteiger partial charge is 0.176 e. The quantitative estimate of drug-likeness (QED) is 0.823. The average molecular weight is 242 g/mol. The first kappa shape index (κ1) is 10.4. The van der Waals surface area contributed by atoms with Crippen molar-refractivity contribution in [2.75, 3.05) is 13.6 Å². The Hall–Kier alpha value is -0.670. The second-order valence-corrected chi connectivity index (χ2v) is 3.83. The van der Waals surface area contributed by atoms with E-state index in [1.165, 1.54) is 0 Å². The zero-order chi connectivity index (χ0) is 9.84. The van der Waals surface area contributed by atoms with Gasteiger partial charge in [-0.15, -0.1) is 0 Å². The van der Waals surface area contributed by atoms with Crippen LogP contribution in [0, 0.1) is 6.92 Å². The Morgan fingerprint density at radius 2 is 2.23 bits per heavy atom. The second kappa shape index (κ2) is 4.53. The Bertz CT molecular complexity index is 323. The molecule has 0 radical (unpaired) electrons. The topological polar surface area (TPSA) is 29.1 Å². The zero-order valence-corrected chi connectivity index (χ0v) is 9.31. The number of carbonyl (C=O) groups excluding carboxylic acids is 1. The van der Waals surface area contributed by atoms with Crippen molar-refractivity contribution in [3.63, 3.8) is 0 Å². The number of hydrogen-bond acceptors (Lipinski definition) is 2. The molecule has 0 aliphatic heterocycles. The van der Waals surface area contributed by atoms with E-state index < -0.39 is 0 Å². The summed E-state index contributed by atoms with van der Waals surface area (Å²) in [6.07, 6.45) is 0. The van der Waals surface area contributed by atoms with Crippen molar-refractivity contribution in [3.05, 3.63) is 33.8 Å². The van der Waals surface area contributed by atoms with E-state index in [-0.39, 0.29) is 5.78 Å². The van der Waals surface area contributed by atoms with Crippen LogP contribution in [-0.2, 0) is 0 Å². The van der Waals surface area contributed by atoms with Crippen molar-refractivity contribution >= 4 is 21.7 Å². The summed E-state index contributed by atoms with van der Waals surface area (Å²) < 4.78 is 0.942. The van der Waals surface area contributed by atoms with Crippen molar-refractivity contribution in [2.45, 2.75) is 6.92 Å². The predicted molar refractivity (Wildman–Crippen MR) is 57.1 cm³/mol. The molecule has 70 valence electrons. The molecule has 0 amide bonds. The van der Waals surface area contributed by atoms with Gasteiger partial charge in [-0.25, -0.2) is 0 Å². The average Bonchev–Trinajstić information content (AvgIpc) is 2.09. The van der Waals surface area contributed by atoms with E-state index in [9.17, 15) is 4.79 Å². The monoisotopic (exact) mass is 241 g/mol. The van der Waals surface area contributed by atoms with Crippen LogP contribution in [0.5, 0.6) is 0 Å². The minimum absolute atomic E-state index is 0.126. The van der Waals surface area contributed by atoms with Gasteiger partial charge >= 0.3 is 0 Å². The summed E-state index contributed by atoms with van der Waals surface area (Å²) in [4.78, 5) is 11.5. The van der Waals surface area contributed by atoms with Crippen LogP contribution in [0.15, 0.2) is 22.7 Å². The van der Waals surface area contributed by atoms with Gasteiger partial charge in [0.1, 0.15) is 0 Å². The summed E-state index contributed by atoms with van der Waals surface area (Å²) in [6, 6.07) is 5.73. The predicted octanol–water partition coefficient (Wildman–Crippen LogP) is 2.16. The van der Waals surface area contributed by atoms with Crippen LogP contribution >= 0.6 is 15.9 Å². The molecule has 0 aliphatic rings. The van der Waals surface area contributed by atoms with Crippen molar-refractivity contribution in [1.82, 2.24) is 5.32 Å². The Kier molecular flexibility index (Phi) is 3.63. The first-order valence-corrected chi connectivity index (χ1v) is 4.88. The molecule has 1 rings (SSSR count). The maximum absolute atomic E-state index is 11.5. The highest BCUT2D eigenvalue weighted by Gasteiger charge is 2.07. The molecule has 0 spiro atoms. The Labute approximate surface area is 86.5 Å². The third-order valence-corrected chi connectivity index (χ3v) is 2.33. The highest BCUT2D eigenvalue weighted by molar-refractivity contribution is 9.10. The van der Waals surface area contributed by atoms with E-state index in [2.05, 4.69) is 21.2 Å². The largest absolute Gasteiger partial charge is 0.313 e. The van der Waals surface area contributed by atoms with Crippen molar-refractivity contribution in [1.29, 1.82) is 0 Å². The van der Waals surface area contributed by atoms with E-state index in [4.69, 9.17) is 0 Å². The maximum Gasteiger partial charge on any atom is 0.176 e. The third kappa shape index (κ3) is 2.64. The summed E-state index contributed by atoms with van der Waals surface area (Å²) in [5, 5.41) is 2.85. The molecule has 13 heavy (non-hydrogen) atoms. The Morgan fingerprint density at radius 3 is 2.85 bits per heavy atom. The fourth-order valence-electron chi connectivity index (χ4n) is 1.15. The summed E-state index contributed by atoms with van der Waals surface area (Å²) >= 11 is 3.34. The van der Waals surface area contributed by atoms with Gasteiger partial charge in [-0.05, 0) is 31.7 Å². The van der Waals surface area contributed by atoms with Crippen LogP contribution in [0.25, 0.3) is 0 Å². The molecular weight excluding hydrogens is 230 g/mol. The number of halogens is 1. The highest BCUT2D eigenvalue weighted by Crippen LogP contribution is 2.16. The first-order valence-electron chi connectivity index (χ1n) is 4.09. The molecular formula is C10H12BrNO. The number of likely N-dealkylation sites (N-methyl/N-ethyl adjacent to an activating group) is 1. The molecule has 0 heterocycles. The summed E-state index contributed by atoms with van der Waals surface area (Å²) in [5.41, 5.74) is 1.80. The number of aryl methyl sites for hydroxylation is 1. The lowest BCUT2D eigenvalue weighted by atomic mass is 10.1. The fraction of sp³-hybridized carbons (Fsp3) is 0.300. The second-order valence-electron chi connectivity index (χ2n) is 2.91. The van der Waals surface area contributed by atoms with Gasteiger partial charge in [0.05, 0.1) is 6.54 Å². The van der Waals surface area contributed by atoms with Gasteiger partial charge in [-0.2, -0.15) is 0 Å². The van der Waals surface area contributed by atoms with Crippen molar-refractivity contribution in [3.8, 4) is 0 Å². The molecule has 0 unspecified atom stereocenters. The van der Waals surface area contributed by atoms with Crippen LogP contribution < -0.4 is 5.32 Å². The lowest BCUT2D eigenvalue weighted by Gasteiger charge is -2.04. The normalized spacial score (nSPS) is 10.1. The highest BCUT2D eigenvalue weighted by atomic mass is 79.9. The number of hydrogen-bond donors (Lipinski definition) is 1. The minimum Gasteiger partial charge on any atom is -0.313 e. The lowest BCUT2D eigenvalue weighted by molar-refractivity contribution is 0.0993. The van der Waals surface area contributed by atoms with E-state index in [1.807, 2.05) is 25.1 Å². The zero-order valence-electron chi connectivity index (χ0n) is 7.73. The van der Waals surface area contributed by atoms with Gasteiger partial charge in [0, 0.05) is 10.0 Å². The minimum atomic E-state index is 0.126. The number of nitrogens with one attached hydrogen (secondary N) is 1. The maximum atomic E-state index is 11.5. The Morgan fingerprint density at radius 1 is 1.54 bits per heavy atom. The lowest BCUT2D eigenvalue weighted by Crippen LogP contribution is -2.19. The summed E-state index contributed by atoms with van der Waals surface area (Å²) in [6.45, 7) is 2.33. The van der Waals surface area contributed by atoms with Gasteiger partial charge in [0.25, 0.3) is 0 Å². The van der Waals surface area contributed by atoms with Crippen LogP contribution in [-0.4, -0.2) is 19.4 Å². The Balaban J connectivity index is 2.99.